The summed E-state index contributed by atoms with van der Waals surface area (Å²) in [4.78, 5) is 0. The van der Waals surface area contributed by atoms with Gasteiger partial charge in [0.2, 0.25) is 0 Å². The molecular weight excluding hydrogens is 224 g/mol. The van der Waals surface area contributed by atoms with Gasteiger partial charge in [-0.25, -0.2) is 4.68 Å². The zero-order valence-corrected chi connectivity index (χ0v) is 9.72. The third-order valence-corrected chi connectivity index (χ3v) is 2.64. The van der Waals surface area contributed by atoms with Crippen LogP contribution in [0.4, 0.5) is 0 Å². The van der Waals surface area contributed by atoms with Crippen molar-refractivity contribution in [2.45, 2.75) is 19.4 Å². The van der Waals surface area contributed by atoms with E-state index in [1.54, 1.807) is 4.68 Å². The second kappa shape index (κ2) is 4.63. The van der Waals surface area contributed by atoms with E-state index in [2.05, 4.69) is 10.3 Å². The highest BCUT2D eigenvalue weighted by Crippen LogP contribution is 2.16. The molecule has 0 fully saturated rings. The van der Waals surface area contributed by atoms with Crippen LogP contribution in [0.15, 0.2) is 30.5 Å². The Hall–Kier alpha value is -1.39. The SMILES string of the molecule is CCC(N)c1cn(-c2cccc(Cl)c2)nn1. The van der Waals surface area contributed by atoms with Gasteiger partial charge in [-0.1, -0.05) is 29.8 Å². The van der Waals surface area contributed by atoms with Gasteiger partial charge in [-0.2, -0.15) is 0 Å². The molecule has 0 aliphatic rings. The fourth-order valence-electron chi connectivity index (χ4n) is 1.40. The minimum absolute atomic E-state index is 0.0621. The Morgan fingerprint density at radius 1 is 1.50 bits per heavy atom. The number of benzene rings is 1. The van der Waals surface area contributed by atoms with Crippen molar-refractivity contribution in [1.82, 2.24) is 15.0 Å². The molecule has 2 aromatic rings. The number of rotatable bonds is 3. The molecule has 0 bridgehead atoms. The molecule has 1 atom stereocenters. The Kier molecular flexibility index (Phi) is 3.22. The minimum atomic E-state index is -0.0621. The van der Waals surface area contributed by atoms with Crippen LogP contribution in [0.1, 0.15) is 25.1 Å². The van der Waals surface area contributed by atoms with E-state index in [4.69, 9.17) is 17.3 Å². The molecule has 1 aromatic heterocycles. The van der Waals surface area contributed by atoms with Crippen molar-refractivity contribution in [2.24, 2.45) is 5.73 Å². The van der Waals surface area contributed by atoms with Gasteiger partial charge in [0.1, 0.15) is 0 Å². The number of nitrogens with two attached hydrogens (primary N) is 1. The van der Waals surface area contributed by atoms with Gasteiger partial charge in [0, 0.05) is 5.02 Å². The van der Waals surface area contributed by atoms with E-state index in [-0.39, 0.29) is 6.04 Å². The number of aromatic nitrogens is 3. The Labute approximate surface area is 99.0 Å². The Morgan fingerprint density at radius 2 is 2.31 bits per heavy atom. The molecule has 0 aliphatic heterocycles. The van der Waals surface area contributed by atoms with Gasteiger partial charge in [-0.05, 0) is 24.6 Å². The zero-order chi connectivity index (χ0) is 11.5. The van der Waals surface area contributed by atoms with E-state index in [1.165, 1.54) is 0 Å². The van der Waals surface area contributed by atoms with Crippen LogP contribution in [0, 0.1) is 0 Å². The summed E-state index contributed by atoms with van der Waals surface area (Å²) in [7, 11) is 0. The first-order chi connectivity index (χ1) is 7.70. The minimum Gasteiger partial charge on any atom is -0.323 e. The maximum absolute atomic E-state index is 5.91. The van der Waals surface area contributed by atoms with Crippen LogP contribution >= 0.6 is 11.6 Å². The van der Waals surface area contributed by atoms with Crippen LogP contribution < -0.4 is 5.73 Å². The fourth-order valence-corrected chi connectivity index (χ4v) is 1.59. The predicted molar refractivity (Wildman–Crippen MR) is 63.6 cm³/mol. The highest BCUT2D eigenvalue weighted by atomic mass is 35.5. The molecule has 0 amide bonds. The zero-order valence-electron chi connectivity index (χ0n) is 8.97. The fraction of sp³-hybridized carbons (Fsp3) is 0.273. The molecule has 0 spiro atoms. The van der Waals surface area contributed by atoms with E-state index < -0.39 is 0 Å². The topological polar surface area (TPSA) is 56.7 Å². The number of hydrogen-bond acceptors (Lipinski definition) is 3. The van der Waals surface area contributed by atoms with Crippen LogP contribution in [0.25, 0.3) is 5.69 Å². The summed E-state index contributed by atoms with van der Waals surface area (Å²) >= 11 is 5.91. The lowest BCUT2D eigenvalue weighted by Gasteiger charge is -2.02. The van der Waals surface area contributed by atoms with Crippen molar-refractivity contribution >= 4 is 11.6 Å². The van der Waals surface area contributed by atoms with E-state index in [1.807, 2.05) is 37.4 Å². The van der Waals surface area contributed by atoms with Gasteiger partial charge in [0.05, 0.1) is 23.6 Å². The molecule has 2 rings (SSSR count). The van der Waals surface area contributed by atoms with Gasteiger partial charge in [0.25, 0.3) is 0 Å². The maximum Gasteiger partial charge on any atom is 0.0998 e. The molecule has 4 nitrogen and oxygen atoms in total. The molecular formula is C11H13ClN4. The van der Waals surface area contributed by atoms with E-state index >= 15 is 0 Å². The lowest BCUT2D eigenvalue weighted by Crippen LogP contribution is -2.08. The average molecular weight is 237 g/mol. The molecule has 0 radical (unpaired) electrons. The van der Waals surface area contributed by atoms with Crippen molar-refractivity contribution < 1.29 is 0 Å². The smallest absolute Gasteiger partial charge is 0.0998 e. The third-order valence-electron chi connectivity index (χ3n) is 2.40. The molecule has 2 N–H and O–H groups in total. The molecule has 1 unspecified atom stereocenters. The molecule has 0 saturated carbocycles. The number of hydrogen-bond donors (Lipinski definition) is 1. The first-order valence-corrected chi connectivity index (χ1v) is 5.52. The molecule has 1 aromatic carbocycles. The van der Waals surface area contributed by atoms with Crippen molar-refractivity contribution in [3.63, 3.8) is 0 Å². The number of halogens is 1. The maximum atomic E-state index is 5.91. The molecule has 84 valence electrons. The quantitative estimate of drug-likeness (QED) is 0.890. The van der Waals surface area contributed by atoms with Crippen molar-refractivity contribution in [2.75, 3.05) is 0 Å². The van der Waals surface area contributed by atoms with Gasteiger partial charge in [-0.3, -0.25) is 0 Å². The number of nitrogens with zero attached hydrogens (tertiary/aromatic N) is 3. The lowest BCUT2D eigenvalue weighted by atomic mass is 10.2. The van der Waals surface area contributed by atoms with E-state index in [0.717, 1.165) is 17.8 Å². The van der Waals surface area contributed by atoms with Crippen molar-refractivity contribution in [1.29, 1.82) is 0 Å². The summed E-state index contributed by atoms with van der Waals surface area (Å²) in [6, 6.07) is 7.38. The van der Waals surface area contributed by atoms with Gasteiger partial charge >= 0.3 is 0 Å². The van der Waals surface area contributed by atoms with Crippen LogP contribution in [0.2, 0.25) is 5.02 Å². The second-order valence-corrected chi connectivity index (χ2v) is 4.02. The molecule has 16 heavy (non-hydrogen) atoms. The summed E-state index contributed by atoms with van der Waals surface area (Å²) in [5.41, 5.74) is 7.55. The van der Waals surface area contributed by atoms with E-state index in [9.17, 15) is 0 Å². The van der Waals surface area contributed by atoms with E-state index in [0.29, 0.717) is 5.02 Å². The first kappa shape index (κ1) is 11.1. The molecule has 5 heteroatoms. The summed E-state index contributed by atoms with van der Waals surface area (Å²) in [5, 5.41) is 8.74. The Balaban J connectivity index is 2.31. The van der Waals surface area contributed by atoms with Crippen molar-refractivity contribution in [3.05, 3.63) is 41.2 Å². The largest absolute Gasteiger partial charge is 0.323 e. The second-order valence-electron chi connectivity index (χ2n) is 3.58. The average Bonchev–Trinajstić information content (AvgIpc) is 2.77. The van der Waals surface area contributed by atoms with Crippen LogP contribution in [0.3, 0.4) is 0 Å². The van der Waals surface area contributed by atoms with Gasteiger partial charge in [0.15, 0.2) is 0 Å². The lowest BCUT2D eigenvalue weighted by molar-refractivity contribution is 0.670. The Morgan fingerprint density at radius 3 is 3.00 bits per heavy atom. The summed E-state index contributed by atoms with van der Waals surface area (Å²) in [6.45, 7) is 2.02. The molecule has 1 heterocycles. The Bertz CT molecular complexity index is 480. The predicted octanol–water partition coefficient (Wildman–Crippen LogP) is 2.33. The normalized spacial score (nSPS) is 12.7. The monoisotopic (exact) mass is 236 g/mol. The highest BCUT2D eigenvalue weighted by Gasteiger charge is 2.09. The van der Waals surface area contributed by atoms with Crippen molar-refractivity contribution in [3.8, 4) is 5.69 Å². The summed E-state index contributed by atoms with van der Waals surface area (Å²) < 4.78 is 1.68. The van der Waals surface area contributed by atoms with Crippen LogP contribution in [-0.4, -0.2) is 15.0 Å². The van der Waals surface area contributed by atoms with Gasteiger partial charge in [-0.15, -0.1) is 5.10 Å². The van der Waals surface area contributed by atoms with Crippen LogP contribution in [-0.2, 0) is 0 Å². The van der Waals surface area contributed by atoms with Gasteiger partial charge < -0.3 is 5.73 Å². The standard InChI is InChI=1S/C11H13ClN4/c1-2-10(13)11-7-16(15-14-11)9-5-3-4-8(12)6-9/h3-7,10H,2,13H2,1H3. The highest BCUT2D eigenvalue weighted by molar-refractivity contribution is 6.30. The third kappa shape index (κ3) is 2.23. The molecule has 0 saturated heterocycles. The molecule has 0 aliphatic carbocycles. The summed E-state index contributed by atoms with van der Waals surface area (Å²) in [6.07, 6.45) is 2.67. The van der Waals surface area contributed by atoms with Crippen LogP contribution in [0.5, 0.6) is 0 Å². The first-order valence-electron chi connectivity index (χ1n) is 5.14. The summed E-state index contributed by atoms with van der Waals surface area (Å²) in [5.74, 6) is 0.